The van der Waals surface area contributed by atoms with Crippen molar-refractivity contribution in [2.24, 2.45) is 0 Å². The van der Waals surface area contributed by atoms with Crippen molar-refractivity contribution in [3.63, 3.8) is 0 Å². The minimum atomic E-state index is 0.132. The van der Waals surface area contributed by atoms with E-state index in [-0.39, 0.29) is 11.9 Å². The molecule has 156 valence electrons. The maximum Gasteiger partial charge on any atom is 0.222 e. The first-order valence-electron chi connectivity index (χ1n) is 10.00. The molecule has 6 nitrogen and oxygen atoms in total. The van der Waals surface area contributed by atoms with Gasteiger partial charge in [0.15, 0.2) is 11.5 Å². The van der Waals surface area contributed by atoms with Gasteiger partial charge in [0, 0.05) is 26.1 Å². The fourth-order valence-corrected chi connectivity index (χ4v) is 3.61. The number of nitrogens with zero attached hydrogens (tertiary/aromatic N) is 2. The van der Waals surface area contributed by atoms with Gasteiger partial charge in [0.25, 0.3) is 0 Å². The molecule has 1 aliphatic heterocycles. The minimum absolute atomic E-state index is 0.132. The van der Waals surface area contributed by atoms with Gasteiger partial charge in [-0.25, -0.2) is 0 Å². The Bertz CT molecular complexity index is 797. The highest BCUT2D eigenvalue weighted by Crippen LogP contribution is 2.33. The van der Waals surface area contributed by atoms with E-state index in [1.54, 1.807) is 14.2 Å². The van der Waals surface area contributed by atoms with Crippen molar-refractivity contribution in [1.29, 1.82) is 0 Å². The van der Waals surface area contributed by atoms with Gasteiger partial charge in [-0.15, -0.1) is 0 Å². The van der Waals surface area contributed by atoms with E-state index in [9.17, 15) is 4.79 Å². The van der Waals surface area contributed by atoms with Crippen LogP contribution >= 0.6 is 0 Å². The van der Waals surface area contributed by atoms with Crippen LogP contribution in [0, 0.1) is 0 Å². The number of methoxy groups -OCH3 is 2. The predicted molar refractivity (Wildman–Crippen MR) is 113 cm³/mol. The first kappa shape index (κ1) is 21.0. The van der Waals surface area contributed by atoms with Crippen LogP contribution in [-0.4, -0.2) is 63.2 Å². The summed E-state index contributed by atoms with van der Waals surface area (Å²) in [6.45, 7) is 2.80. The number of likely N-dealkylation sites (N-methyl/N-ethyl adjacent to an activating group) is 1. The third-order valence-electron chi connectivity index (χ3n) is 5.34. The molecule has 1 saturated heterocycles. The summed E-state index contributed by atoms with van der Waals surface area (Å²) >= 11 is 0. The van der Waals surface area contributed by atoms with Gasteiger partial charge < -0.3 is 19.1 Å². The van der Waals surface area contributed by atoms with Crippen molar-refractivity contribution in [2.45, 2.75) is 18.9 Å². The van der Waals surface area contributed by atoms with E-state index in [1.165, 1.54) is 0 Å². The maximum absolute atomic E-state index is 12.7. The van der Waals surface area contributed by atoms with E-state index in [1.807, 2.05) is 53.4 Å². The van der Waals surface area contributed by atoms with Crippen LogP contribution in [0.3, 0.4) is 0 Å². The Hall–Kier alpha value is -2.73. The van der Waals surface area contributed by atoms with Crippen LogP contribution in [0.25, 0.3) is 0 Å². The lowest BCUT2D eigenvalue weighted by Gasteiger charge is -2.40. The lowest BCUT2D eigenvalue weighted by Crippen LogP contribution is -2.49. The Labute approximate surface area is 173 Å². The summed E-state index contributed by atoms with van der Waals surface area (Å²) in [5.41, 5.74) is 1.12. The number of carbonyl (C=O) groups excluding carboxylic acids is 1. The third kappa shape index (κ3) is 5.41. The molecule has 0 aromatic heterocycles. The molecule has 2 aromatic carbocycles. The number of benzene rings is 2. The van der Waals surface area contributed by atoms with E-state index in [4.69, 9.17) is 14.2 Å². The van der Waals surface area contributed by atoms with E-state index >= 15 is 0 Å². The molecule has 1 fully saturated rings. The number of hydrogen-bond acceptors (Lipinski definition) is 5. The second-order valence-electron chi connectivity index (χ2n) is 7.22. The Balaban J connectivity index is 1.55. The van der Waals surface area contributed by atoms with Gasteiger partial charge in [-0.3, -0.25) is 9.69 Å². The van der Waals surface area contributed by atoms with Crippen molar-refractivity contribution in [2.75, 3.05) is 47.5 Å². The largest absolute Gasteiger partial charge is 0.494 e. The molecule has 1 amide bonds. The highest BCUT2D eigenvalue weighted by Gasteiger charge is 2.28. The summed E-state index contributed by atoms with van der Waals surface area (Å²) in [7, 11) is 5.36. The molecule has 1 unspecified atom stereocenters. The molecule has 0 radical (unpaired) electrons. The lowest BCUT2D eigenvalue weighted by atomic mass is 10.0. The standard InChI is InChI=1S/C23H30N2O4/c1-24-13-14-25(23(26)10-7-15-29-19-8-5-4-6-9-19)17-20(24)18-11-12-21(27-2)22(16-18)28-3/h4-6,8-9,11-12,16,20H,7,10,13-15,17H2,1-3H3. The number of ether oxygens (including phenoxy) is 3. The van der Waals surface area contributed by atoms with Crippen LogP contribution in [0.15, 0.2) is 48.5 Å². The van der Waals surface area contributed by atoms with Crippen LogP contribution in [-0.2, 0) is 4.79 Å². The quantitative estimate of drug-likeness (QED) is 0.638. The van der Waals surface area contributed by atoms with Crippen LogP contribution in [0.5, 0.6) is 17.2 Å². The van der Waals surface area contributed by atoms with E-state index < -0.39 is 0 Å². The number of rotatable bonds is 8. The van der Waals surface area contributed by atoms with Crippen molar-refractivity contribution >= 4 is 5.91 Å². The first-order chi connectivity index (χ1) is 14.1. The fraction of sp³-hybridized carbons (Fsp3) is 0.435. The molecule has 1 atom stereocenters. The molecule has 2 aromatic rings. The monoisotopic (exact) mass is 398 g/mol. The number of carbonyl (C=O) groups is 1. The first-order valence-corrected chi connectivity index (χ1v) is 10.00. The topological polar surface area (TPSA) is 51.2 Å². The number of para-hydroxylation sites is 1. The summed E-state index contributed by atoms with van der Waals surface area (Å²) in [5, 5.41) is 0. The Kier molecular flexibility index (Phi) is 7.36. The van der Waals surface area contributed by atoms with Gasteiger partial charge in [0.05, 0.1) is 26.9 Å². The van der Waals surface area contributed by atoms with Gasteiger partial charge in [0.1, 0.15) is 5.75 Å². The average Bonchev–Trinajstić information content (AvgIpc) is 2.77. The molecule has 0 N–H and O–H groups in total. The van der Waals surface area contributed by atoms with Gasteiger partial charge in [-0.2, -0.15) is 0 Å². The van der Waals surface area contributed by atoms with Crippen LogP contribution in [0.1, 0.15) is 24.4 Å². The molecule has 6 heteroatoms. The Morgan fingerprint density at radius 1 is 1.03 bits per heavy atom. The van der Waals surface area contributed by atoms with Crippen molar-refractivity contribution in [3.8, 4) is 17.2 Å². The molecular weight excluding hydrogens is 368 g/mol. The summed E-state index contributed by atoms with van der Waals surface area (Å²) in [4.78, 5) is 17.0. The summed E-state index contributed by atoms with van der Waals surface area (Å²) in [5.74, 6) is 2.44. The molecule has 1 heterocycles. The fourth-order valence-electron chi connectivity index (χ4n) is 3.61. The molecule has 0 aliphatic carbocycles. The summed E-state index contributed by atoms with van der Waals surface area (Å²) < 4.78 is 16.5. The smallest absolute Gasteiger partial charge is 0.222 e. The molecule has 29 heavy (non-hydrogen) atoms. The third-order valence-corrected chi connectivity index (χ3v) is 5.34. The van der Waals surface area contributed by atoms with E-state index in [0.29, 0.717) is 37.5 Å². The van der Waals surface area contributed by atoms with Crippen LogP contribution in [0.2, 0.25) is 0 Å². The lowest BCUT2D eigenvalue weighted by molar-refractivity contribution is -0.134. The van der Waals surface area contributed by atoms with Crippen LogP contribution < -0.4 is 14.2 Å². The Morgan fingerprint density at radius 3 is 2.52 bits per heavy atom. The van der Waals surface area contributed by atoms with Gasteiger partial charge in [-0.05, 0) is 43.3 Å². The molecule has 3 rings (SSSR count). The zero-order valence-corrected chi connectivity index (χ0v) is 17.5. The highest BCUT2D eigenvalue weighted by molar-refractivity contribution is 5.76. The second-order valence-corrected chi connectivity index (χ2v) is 7.22. The van der Waals surface area contributed by atoms with Crippen LogP contribution in [0.4, 0.5) is 0 Å². The predicted octanol–water partition coefficient (Wildman–Crippen LogP) is 3.38. The minimum Gasteiger partial charge on any atom is -0.494 e. The van der Waals surface area contributed by atoms with Gasteiger partial charge >= 0.3 is 0 Å². The molecule has 1 aliphatic rings. The highest BCUT2D eigenvalue weighted by atomic mass is 16.5. The van der Waals surface area contributed by atoms with Crippen molar-refractivity contribution in [1.82, 2.24) is 9.80 Å². The Morgan fingerprint density at radius 2 is 1.79 bits per heavy atom. The normalized spacial score (nSPS) is 17.1. The van der Waals surface area contributed by atoms with Gasteiger partial charge in [-0.1, -0.05) is 24.3 Å². The number of hydrogen-bond donors (Lipinski definition) is 0. The average molecular weight is 399 g/mol. The zero-order valence-electron chi connectivity index (χ0n) is 17.5. The zero-order chi connectivity index (χ0) is 20.6. The second kappa shape index (κ2) is 10.2. The maximum atomic E-state index is 12.7. The summed E-state index contributed by atoms with van der Waals surface area (Å²) in [6.07, 6.45) is 1.20. The molecular formula is C23H30N2O4. The molecule has 0 bridgehead atoms. The molecule has 0 saturated carbocycles. The number of piperazine rings is 1. The molecule has 0 spiro atoms. The van der Waals surface area contributed by atoms with Gasteiger partial charge in [0.2, 0.25) is 5.91 Å². The van der Waals surface area contributed by atoms with E-state index in [2.05, 4.69) is 11.9 Å². The van der Waals surface area contributed by atoms with Crippen molar-refractivity contribution in [3.05, 3.63) is 54.1 Å². The SMILES string of the molecule is COc1ccc(C2CN(C(=O)CCCOc3ccccc3)CCN2C)cc1OC. The van der Waals surface area contributed by atoms with Crippen molar-refractivity contribution < 1.29 is 19.0 Å². The number of amides is 1. The summed E-state index contributed by atoms with van der Waals surface area (Å²) in [6, 6.07) is 15.8. The van der Waals surface area contributed by atoms with E-state index in [0.717, 1.165) is 24.4 Å².